The first-order valence-electron chi connectivity index (χ1n) is 10.1. The zero-order valence-electron chi connectivity index (χ0n) is 16.9. The molecule has 0 aromatic heterocycles. The van der Waals surface area contributed by atoms with E-state index in [1.165, 1.54) is 5.56 Å². The SMILES string of the molecule is NCCCN(Cc1cc(Cl)cc(Cl)c1)C(=O)c1ccccc1CCc1ccccc1. The van der Waals surface area contributed by atoms with Gasteiger partial charge in [0, 0.05) is 28.7 Å². The van der Waals surface area contributed by atoms with Crippen molar-refractivity contribution in [1.29, 1.82) is 0 Å². The first-order chi connectivity index (χ1) is 14.6. The lowest BCUT2D eigenvalue weighted by atomic mass is 9.98. The van der Waals surface area contributed by atoms with Gasteiger partial charge in [0.25, 0.3) is 5.91 Å². The highest BCUT2D eigenvalue weighted by Gasteiger charge is 2.19. The summed E-state index contributed by atoms with van der Waals surface area (Å²) in [4.78, 5) is 15.3. The predicted octanol–water partition coefficient (Wildman–Crippen LogP) is 5.77. The Balaban J connectivity index is 1.81. The second-order valence-corrected chi connectivity index (χ2v) is 8.16. The van der Waals surface area contributed by atoms with E-state index in [-0.39, 0.29) is 5.91 Å². The summed E-state index contributed by atoms with van der Waals surface area (Å²) < 4.78 is 0. The van der Waals surface area contributed by atoms with Crippen LogP contribution in [0.1, 0.15) is 33.5 Å². The number of carbonyl (C=O) groups is 1. The van der Waals surface area contributed by atoms with Crippen LogP contribution in [0.5, 0.6) is 0 Å². The van der Waals surface area contributed by atoms with Crippen molar-refractivity contribution in [3.05, 3.63) is 105 Å². The third-order valence-corrected chi connectivity index (χ3v) is 5.43. The molecule has 0 aliphatic carbocycles. The van der Waals surface area contributed by atoms with Gasteiger partial charge >= 0.3 is 0 Å². The molecular formula is C25H26Cl2N2O. The van der Waals surface area contributed by atoms with Crippen LogP contribution in [0.2, 0.25) is 10.0 Å². The molecule has 0 heterocycles. The van der Waals surface area contributed by atoms with Gasteiger partial charge in [-0.15, -0.1) is 0 Å². The van der Waals surface area contributed by atoms with E-state index >= 15 is 0 Å². The van der Waals surface area contributed by atoms with E-state index in [0.717, 1.165) is 36.0 Å². The molecule has 3 rings (SSSR count). The van der Waals surface area contributed by atoms with Crippen molar-refractivity contribution in [3.8, 4) is 0 Å². The van der Waals surface area contributed by atoms with Crippen LogP contribution >= 0.6 is 23.2 Å². The molecule has 3 aromatic carbocycles. The number of benzene rings is 3. The number of aryl methyl sites for hydroxylation is 2. The van der Waals surface area contributed by atoms with Gasteiger partial charge in [-0.2, -0.15) is 0 Å². The summed E-state index contributed by atoms with van der Waals surface area (Å²) in [7, 11) is 0. The lowest BCUT2D eigenvalue weighted by Crippen LogP contribution is -2.33. The predicted molar refractivity (Wildman–Crippen MR) is 125 cm³/mol. The summed E-state index contributed by atoms with van der Waals surface area (Å²) in [5.74, 6) is 0.00297. The molecule has 2 N–H and O–H groups in total. The summed E-state index contributed by atoms with van der Waals surface area (Å²) in [6.07, 6.45) is 2.42. The molecule has 0 fully saturated rings. The van der Waals surface area contributed by atoms with E-state index in [1.807, 2.05) is 59.5 Å². The largest absolute Gasteiger partial charge is 0.334 e. The first-order valence-corrected chi connectivity index (χ1v) is 10.9. The number of amides is 1. The Morgan fingerprint density at radius 2 is 1.50 bits per heavy atom. The molecule has 0 aliphatic rings. The van der Waals surface area contributed by atoms with Gasteiger partial charge in [0.15, 0.2) is 0 Å². The van der Waals surface area contributed by atoms with Crippen LogP contribution in [0.3, 0.4) is 0 Å². The fourth-order valence-corrected chi connectivity index (χ4v) is 4.07. The fraction of sp³-hybridized carbons (Fsp3) is 0.240. The molecule has 3 aromatic rings. The number of nitrogens with zero attached hydrogens (tertiary/aromatic N) is 1. The second kappa shape index (κ2) is 11.2. The normalized spacial score (nSPS) is 10.8. The minimum absolute atomic E-state index is 0.00297. The third-order valence-electron chi connectivity index (χ3n) is 4.99. The van der Waals surface area contributed by atoms with Crippen molar-refractivity contribution in [2.45, 2.75) is 25.8 Å². The Bertz CT molecular complexity index is 956. The molecule has 1 amide bonds. The maximum Gasteiger partial charge on any atom is 0.254 e. The summed E-state index contributed by atoms with van der Waals surface area (Å²) >= 11 is 12.3. The highest BCUT2D eigenvalue weighted by molar-refractivity contribution is 6.34. The molecule has 0 unspecified atom stereocenters. The fourth-order valence-electron chi connectivity index (χ4n) is 3.50. The van der Waals surface area contributed by atoms with Crippen LogP contribution in [-0.4, -0.2) is 23.9 Å². The van der Waals surface area contributed by atoms with Gasteiger partial charge in [-0.25, -0.2) is 0 Å². The first kappa shape index (κ1) is 22.4. The van der Waals surface area contributed by atoms with Gasteiger partial charge in [0.1, 0.15) is 0 Å². The van der Waals surface area contributed by atoms with Crippen LogP contribution in [-0.2, 0) is 19.4 Å². The van der Waals surface area contributed by atoms with Crippen LogP contribution in [0, 0.1) is 0 Å². The number of rotatable bonds is 9. The topological polar surface area (TPSA) is 46.3 Å². The Kier molecular flexibility index (Phi) is 8.32. The minimum atomic E-state index is 0.00297. The monoisotopic (exact) mass is 440 g/mol. The van der Waals surface area contributed by atoms with E-state index in [1.54, 1.807) is 6.07 Å². The Morgan fingerprint density at radius 1 is 0.833 bits per heavy atom. The smallest absolute Gasteiger partial charge is 0.254 e. The second-order valence-electron chi connectivity index (χ2n) is 7.29. The van der Waals surface area contributed by atoms with Gasteiger partial charge in [-0.3, -0.25) is 4.79 Å². The molecule has 0 bridgehead atoms. The van der Waals surface area contributed by atoms with Crippen molar-refractivity contribution in [2.75, 3.05) is 13.1 Å². The quantitative estimate of drug-likeness (QED) is 0.458. The van der Waals surface area contributed by atoms with Crippen LogP contribution in [0.25, 0.3) is 0 Å². The van der Waals surface area contributed by atoms with Crippen molar-refractivity contribution >= 4 is 29.1 Å². The highest BCUT2D eigenvalue weighted by Crippen LogP contribution is 2.22. The van der Waals surface area contributed by atoms with E-state index in [4.69, 9.17) is 28.9 Å². The van der Waals surface area contributed by atoms with Crippen LogP contribution < -0.4 is 5.73 Å². The van der Waals surface area contributed by atoms with Gasteiger partial charge in [0.05, 0.1) is 0 Å². The third kappa shape index (κ3) is 6.33. The zero-order chi connectivity index (χ0) is 21.3. The molecule has 156 valence electrons. The number of hydrogen-bond donors (Lipinski definition) is 1. The summed E-state index contributed by atoms with van der Waals surface area (Å²) in [5, 5.41) is 1.12. The van der Waals surface area contributed by atoms with E-state index in [2.05, 4.69) is 12.1 Å². The van der Waals surface area contributed by atoms with E-state index in [0.29, 0.717) is 29.7 Å². The molecule has 5 heteroatoms. The number of halogens is 2. The maximum atomic E-state index is 13.5. The zero-order valence-corrected chi connectivity index (χ0v) is 18.4. The average molecular weight is 441 g/mol. The lowest BCUT2D eigenvalue weighted by molar-refractivity contribution is 0.0741. The van der Waals surface area contributed by atoms with Crippen LogP contribution in [0.4, 0.5) is 0 Å². The lowest BCUT2D eigenvalue weighted by Gasteiger charge is -2.24. The van der Waals surface area contributed by atoms with Gasteiger partial charge < -0.3 is 10.6 Å². The Morgan fingerprint density at radius 3 is 2.20 bits per heavy atom. The van der Waals surface area contributed by atoms with Crippen LogP contribution in [0.15, 0.2) is 72.8 Å². The van der Waals surface area contributed by atoms with Crippen molar-refractivity contribution in [3.63, 3.8) is 0 Å². The number of carbonyl (C=O) groups excluding carboxylic acids is 1. The summed E-state index contributed by atoms with van der Waals surface area (Å²) in [5.41, 5.74) is 9.66. The van der Waals surface area contributed by atoms with Crippen molar-refractivity contribution in [2.24, 2.45) is 5.73 Å². The number of nitrogens with two attached hydrogens (primary N) is 1. The molecule has 30 heavy (non-hydrogen) atoms. The van der Waals surface area contributed by atoms with Crippen molar-refractivity contribution in [1.82, 2.24) is 4.90 Å². The van der Waals surface area contributed by atoms with Crippen molar-refractivity contribution < 1.29 is 4.79 Å². The van der Waals surface area contributed by atoms with E-state index < -0.39 is 0 Å². The van der Waals surface area contributed by atoms with Gasteiger partial charge in [-0.1, -0.05) is 71.7 Å². The molecule has 0 saturated heterocycles. The molecule has 0 aliphatic heterocycles. The Labute approximate surface area is 188 Å². The Hall–Kier alpha value is -2.33. The van der Waals surface area contributed by atoms with Gasteiger partial charge in [-0.05, 0) is 66.8 Å². The number of hydrogen-bond acceptors (Lipinski definition) is 2. The summed E-state index contributed by atoms with van der Waals surface area (Å²) in [6, 6.07) is 23.5. The molecule has 3 nitrogen and oxygen atoms in total. The van der Waals surface area contributed by atoms with Gasteiger partial charge in [0.2, 0.25) is 0 Å². The minimum Gasteiger partial charge on any atom is -0.334 e. The van der Waals surface area contributed by atoms with E-state index in [9.17, 15) is 4.79 Å². The standard InChI is InChI=1S/C25H26Cl2N2O/c26-22-15-20(16-23(27)17-22)18-29(14-6-13-28)25(30)24-10-5-4-9-21(24)12-11-19-7-2-1-3-8-19/h1-5,7-10,15-17H,6,11-14,18,28H2. The molecule has 0 atom stereocenters. The average Bonchev–Trinajstić information content (AvgIpc) is 2.75. The molecule has 0 spiro atoms. The highest BCUT2D eigenvalue weighted by atomic mass is 35.5. The molecule has 0 radical (unpaired) electrons. The molecule has 0 saturated carbocycles. The maximum absolute atomic E-state index is 13.5. The summed E-state index contributed by atoms with van der Waals surface area (Å²) in [6.45, 7) is 1.54. The molecular weight excluding hydrogens is 415 g/mol.